The van der Waals surface area contributed by atoms with Crippen LogP contribution in [0.5, 0.6) is 0 Å². The molecule has 0 unspecified atom stereocenters. The number of aromatic nitrogens is 2. The van der Waals surface area contributed by atoms with E-state index in [4.69, 9.17) is 4.74 Å². The number of nitrogens with one attached hydrogen (secondary N) is 1. The van der Waals surface area contributed by atoms with Crippen molar-refractivity contribution in [2.24, 2.45) is 0 Å². The van der Waals surface area contributed by atoms with E-state index in [0.717, 1.165) is 5.56 Å². The SMILES string of the molecule is O=C1NC2(CCOCC2)C(=O)N1Cc1ccc(C(=O)n2ccnc2)cc1. The summed E-state index contributed by atoms with van der Waals surface area (Å²) in [7, 11) is 0. The zero-order valence-corrected chi connectivity index (χ0v) is 14.1. The average molecular weight is 354 g/mol. The van der Waals surface area contributed by atoms with Crippen LogP contribution in [0.25, 0.3) is 0 Å². The van der Waals surface area contributed by atoms with Gasteiger partial charge in [-0.25, -0.2) is 9.78 Å². The topological polar surface area (TPSA) is 93.5 Å². The van der Waals surface area contributed by atoms with Crippen molar-refractivity contribution in [1.29, 1.82) is 0 Å². The molecule has 2 aliphatic heterocycles. The second kappa shape index (κ2) is 6.38. The molecule has 8 heteroatoms. The van der Waals surface area contributed by atoms with Crippen LogP contribution in [-0.2, 0) is 16.1 Å². The van der Waals surface area contributed by atoms with Crippen molar-refractivity contribution in [3.8, 4) is 0 Å². The van der Waals surface area contributed by atoms with Gasteiger partial charge in [-0.2, -0.15) is 0 Å². The van der Waals surface area contributed by atoms with Crippen molar-refractivity contribution in [3.05, 3.63) is 54.1 Å². The van der Waals surface area contributed by atoms with Crippen LogP contribution < -0.4 is 5.32 Å². The lowest BCUT2D eigenvalue weighted by Gasteiger charge is -2.30. The normalized spacial score (nSPS) is 19.0. The number of imidazole rings is 1. The predicted molar refractivity (Wildman–Crippen MR) is 90.3 cm³/mol. The summed E-state index contributed by atoms with van der Waals surface area (Å²) >= 11 is 0. The van der Waals surface area contributed by atoms with Crippen LogP contribution in [0, 0.1) is 0 Å². The Hall–Kier alpha value is -3.00. The summed E-state index contributed by atoms with van der Waals surface area (Å²) in [4.78, 5) is 42.4. The first-order chi connectivity index (χ1) is 12.6. The van der Waals surface area contributed by atoms with Crippen LogP contribution in [0.3, 0.4) is 0 Å². The molecule has 2 fully saturated rings. The fourth-order valence-corrected chi connectivity index (χ4v) is 3.34. The lowest BCUT2D eigenvalue weighted by Crippen LogP contribution is -2.51. The van der Waals surface area contributed by atoms with E-state index in [1.165, 1.54) is 22.0 Å². The van der Waals surface area contributed by atoms with Crippen LogP contribution in [-0.4, -0.2) is 51.0 Å². The maximum Gasteiger partial charge on any atom is 0.325 e. The molecule has 1 aromatic carbocycles. The van der Waals surface area contributed by atoms with Crippen molar-refractivity contribution in [1.82, 2.24) is 19.8 Å². The summed E-state index contributed by atoms with van der Waals surface area (Å²) in [5.74, 6) is -0.394. The van der Waals surface area contributed by atoms with Gasteiger partial charge >= 0.3 is 6.03 Å². The molecule has 134 valence electrons. The molecule has 1 spiro atoms. The monoisotopic (exact) mass is 354 g/mol. The first-order valence-corrected chi connectivity index (χ1v) is 8.42. The molecule has 1 aromatic heterocycles. The minimum absolute atomic E-state index is 0.173. The van der Waals surface area contributed by atoms with Crippen molar-refractivity contribution in [3.63, 3.8) is 0 Å². The summed E-state index contributed by atoms with van der Waals surface area (Å²) in [6.45, 7) is 1.10. The lowest BCUT2D eigenvalue weighted by molar-refractivity contribution is -0.134. The van der Waals surface area contributed by atoms with E-state index < -0.39 is 5.54 Å². The molecule has 2 saturated heterocycles. The van der Waals surface area contributed by atoms with Gasteiger partial charge in [-0.05, 0) is 17.7 Å². The molecule has 1 N–H and O–H groups in total. The highest BCUT2D eigenvalue weighted by molar-refractivity contribution is 6.07. The molecule has 26 heavy (non-hydrogen) atoms. The number of benzene rings is 1. The Bertz CT molecular complexity index is 839. The Labute approximate surface area is 149 Å². The summed E-state index contributed by atoms with van der Waals surface area (Å²) < 4.78 is 6.69. The number of carbonyl (C=O) groups excluding carboxylic acids is 3. The molecule has 2 aliphatic rings. The van der Waals surface area contributed by atoms with Gasteiger partial charge in [0.2, 0.25) is 0 Å². The van der Waals surface area contributed by atoms with Crippen LogP contribution in [0.4, 0.5) is 4.79 Å². The summed E-state index contributed by atoms with van der Waals surface area (Å²) in [5, 5.41) is 2.83. The quantitative estimate of drug-likeness (QED) is 0.835. The third-order valence-corrected chi connectivity index (χ3v) is 4.87. The molecular formula is C18H18N4O4. The molecule has 0 atom stereocenters. The van der Waals surface area contributed by atoms with Crippen molar-refractivity contribution < 1.29 is 19.1 Å². The van der Waals surface area contributed by atoms with Crippen molar-refractivity contribution in [2.75, 3.05) is 13.2 Å². The number of ether oxygens (including phenoxy) is 1. The fraction of sp³-hybridized carbons (Fsp3) is 0.333. The van der Waals surface area contributed by atoms with E-state index in [0.29, 0.717) is 31.6 Å². The van der Waals surface area contributed by atoms with Crippen molar-refractivity contribution in [2.45, 2.75) is 24.9 Å². The molecule has 0 radical (unpaired) electrons. The third-order valence-electron chi connectivity index (χ3n) is 4.87. The Morgan fingerprint density at radius 2 is 1.92 bits per heavy atom. The Morgan fingerprint density at radius 1 is 1.19 bits per heavy atom. The smallest absolute Gasteiger partial charge is 0.325 e. The molecule has 3 heterocycles. The Kier molecular flexibility index (Phi) is 4.04. The van der Waals surface area contributed by atoms with Crippen LogP contribution in [0.15, 0.2) is 43.0 Å². The molecule has 0 aliphatic carbocycles. The molecule has 4 rings (SSSR count). The van der Waals surface area contributed by atoms with Crippen LogP contribution in [0.1, 0.15) is 28.8 Å². The highest BCUT2D eigenvalue weighted by atomic mass is 16.5. The van der Waals surface area contributed by atoms with Crippen LogP contribution in [0.2, 0.25) is 0 Å². The average Bonchev–Trinajstić information content (AvgIpc) is 3.27. The van der Waals surface area contributed by atoms with Gasteiger partial charge in [-0.1, -0.05) is 12.1 Å². The number of hydrogen-bond acceptors (Lipinski definition) is 5. The number of nitrogens with zero attached hydrogens (tertiary/aromatic N) is 3. The minimum atomic E-state index is -0.827. The number of imide groups is 1. The second-order valence-electron chi connectivity index (χ2n) is 6.49. The van der Waals surface area contributed by atoms with E-state index in [-0.39, 0.29) is 24.4 Å². The van der Waals surface area contributed by atoms with E-state index in [1.54, 1.807) is 30.5 Å². The van der Waals surface area contributed by atoms with Gasteiger partial charge in [0.25, 0.3) is 11.8 Å². The molecule has 3 amide bonds. The lowest BCUT2D eigenvalue weighted by atomic mass is 9.90. The Morgan fingerprint density at radius 3 is 2.58 bits per heavy atom. The molecule has 2 aromatic rings. The summed E-state index contributed by atoms with van der Waals surface area (Å²) in [6.07, 6.45) is 5.54. The van der Waals surface area contributed by atoms with Gasteiger partial charge in [0, 0.05) is 44.0 Å². The molecule has 0 saturated carbocycles. The summed E-state index contributed by atoms with van der Waals surface area (Å²) in [5.41, 5.74) is 0.455. The number of amides is 3. The van der Waals surface area contributed by atoms with Gasteiger partial charge < -0.3 is 10.1 Å². The van der Waals surface area contributed by atoms with Crippen molar-refractivity contribution >= 4 is 17.8 Å². The maximum absolute atomic E-state index is 12.8. The van der Waals surface area contributed by atoms with Gasteiger partial charge in [0.05, 0.1) is 6.54 Å². The standard InChI is InChI=1S/C18H18N4O4/c23-15(21-8-7-19-12-21)14-3-1-13(2-4-14)11-22-16(24)18(20-17(22)25)5-9-26-10-6-18/h1-4,7-8,12H,5-6,9-11H2,(H,20,25). The molecule has 0 bridgehead atoms. The van der Waals surface area contributed by atoms with Crippen LogP contribution >= 0.6 is 0 Å². The zero-order chi connectivity index (χ0) is 18.1. The van der Waals surface area contributed by atoms with E-state index in [9.17, 15) is 14.4 Å². The molecule has 8 nitrogen and oxygen atoms in total. The highest BCUT2D eigenvalue weighted by Crippen LogP contribution is 2.29. The van der Waals surface area contributed by atoms with E-state index in [2.05, 4.69) is 10.3 Å². The van der Waals surface area contributed by atoms with Gasteiger partial charge in [-0.15, -0.1) is 0 Å². The minimum Gasteiger partial charge on any atom is -0.381 e. The first kappa shape index (κ1) is 16.5. The van der Waals surface area contributed by atoms with Gasteiger partial charge in [0.15, 0.2) is 0 Å². The molecular weight excluding hydrogens is 336 g/mol. The number of carbonyl (C=O) groups is 3. The number of rotatable bonds is 3. The third kappa shape index (κ3) is 2.78. The first-order valence-electron chi connectivity index (χ1n) is 8.42. The van der Waals surface area contributed by atoms with Gasteiger partial charge in [-0.3, -0.25) is 19.1 Å². The Balaban J connectivity index is 1.48. The number of urea groups is 1. The highest BCUT2D eigenvalue weighted by Gasteiger charge is 2.51. The zero-order valence-electron chi connectivity index (χ0n) is 14.1. The van der Waals surface area contributed by atoms with E-state index >= 15 is 0 Å². The fourth-order valence-electron chi connectivity index (χ4n) is 3.34. The number of hydrogen-bond donors (Lipinski definition) is 1. The summed E-state index contributed by atoms with van der Waals surface area (Å²) in [6, 6.07) is 6.48. The van der Waals surface area contributed by atoms with E-state index in [1.807, 2.05) is 0 Å². The predicted octanol–water partition coefficient (Wildman–Crippen LogP) is 1.17. The van der Waals surface area contributed by atoms with Gasteiger partial charge in [0.1, 0.15) is 11.9 Å². The second-order valence-corrected chi connectivity index (χ2v) is 6.49. The largest absolute Gasteiger partial charge is 0.381 e. The maximum atomic E-state index is 12.8.